The molecule has 5 heteroatoms. The van der Waals surface area contributed by atoms with Gasteiger partial charge in [-0.15, -0.1) is 0 Å². The van der Waals surface area contributed by atoms with Crippen LogP contribution in [-0.4, -0.2) is 22.8 Å². The number of Topliss-reactive ketones (excluding diaryl/α,β-unsaturated/α-hetero) is 2. The highest BCUT2D eigenvalue weighted by molar-refractivity contribution is 6.04. The molecule has 0 radical (unpaired) electrons. The monoisotopic (exact) mass is 518 g/mol. The Kier molecular flexibility index (Phi) is 6.00. The molecule has 0 spiro atoms. The van der Waals surface area contributed by atoms with Crippen molar-refractivity contribution in [1.82, 2.24) is 0 Å². The summed E-state index contributed by atoms with van der Waals surface area (Å²) in [6.45, 7) is 15.5. The van der Waals surface area contributed by atoms with Gasteiger partial charge in [0.15, 0.2) is 5.78 Å². The highest BCUT2D eigenvalue weighted by Crippen LogP contribution is 2.76. The quantitative estimate of drug-likeness (QED) is 0.446. The van der Waals surface area contributed by atoms with Crippen LogP contribution in [0.5, 0.6) is 0 Å². The van der Waals surface area contributed by atoms with Gasteiger partial charge in [0, 0.05) is 23.2 Å². The zero-order valence-electron chi connectivity index (χ0n) is 24.5. The highest BCUT2D eigenvalue weighted by atomic mass is 16.3. The second-order valence-corrected chi connectivity index (χ2v) is 15.8. The fourth-order valence-electron chi connectivity index (χ4n) is 11.2. The summed E-state index contributed by atoms with van der Waals surface area (Å²) >= 11 is 0. The van der Waals surface area contributed by atoms with Crippen molar-refractivity contribution in [2.24, 2.45) is 56.2 Å². The molecule has 5 aliphatic carbocycles. The van der Waals surface area contributed by atoms with Gasteiger partial charge in [0.2, 0.25) is 0 Å². The van der Waals surface area contributed by atoms with Crippen molar-refractivity contribution >= 4 is 11.6 Å². The second kappa shape index (κ2) is 8.27. The van der Waals surface area contributed by atoms with E-state index in [1.165, 1.54) is 0 Å². The lowest BCUT2D eigenvalue weighted by molar-refractivity contribution is -0.234. The maximum atomic E-state index is 14.5. The van der Waals surface area contributed by atoms with Crippen LogP contribution in [0.3, 0.4) is 0 Å². The first-order valence-electron chi connectivity index (χ1n) is 14.8. The summed E-state index contributed by atoms with van der Waals surface area (Å²) in [7, 11) is 0. The van der Waals surface area contributed by atoms with Gasteiger partial charge in [-0.25, -0.2) is 0 Å². The third-order valence-corrected chi connectivity index (χ3v) is 13.5. The van der Waals surface area contributed by atoms with Crippen molar-refractivity contribution in [3.05, 3.63) is 11.6 Å². The lowest BCUT2D eigenvalue weighted by atomic mass is 9.31. The van der Waals surface area contributed by atoms with E-state index in [0.29, 0.717) is 12.2 Å². The van der Waals surface area contributed by atoms with E-state index in [1.54, 1.807) is 0 Å². The number of allylic oxidation sites excluding steroid dienone is 2. The molecule has 0 heterocycles. The van der Waals surface area contributed by atoms with Crippen LogP contribution in [0.2, 0.25) is 0 Å². The Morgan fingerprint density at radius 1 is 0.947 bits per heavy atom. The van der Waals surface area contributed by atoms with Gasteiger partial charge in [0.1, 0.15) is 11.9 Å². The van der Waals surface area contributed by atoms with E-state index in [4.69, 9.17) is 0 Å². The molecule has 206 valence electrons. The molecule has 1 N–H and O–H groups in total. The number of aliphatic hydroxyl groups excluding tert-OH is 1. The first-order chi connectivity index (χ1) is 17.5. The first kappa shape index (κ1) is 27.6. The number of hydrogen-bond donors (Lipinski definition) is 1. The Balaban J connectivity index is 1.64. The van der Waals surface area contributed by atoms with Gasteiger partial charge in [-0.3, -0.25) is 9.59 Å². The normalized spacial score (nSPS) is 47.7. The molecule has 5 nitrogen and oxygen atoms in total. The number of carbonyl (C=O) groups excluding carboxylic acids is 2. The molecule has 0 aromatic rings. The smallest absolute Gasteiger partial charge is 0.178 e. The third kappa shape index (κ3) is 3.30. The highest BCUT2D eigenvalue weighted by Gasteiger charge is 2.72. The Morgan fingerprint density at radius 3 is 2.24 bits per heavy atom. The minimum absolute atomic E-state index is 0.0596. The van der Waals surface area contributed by atoms with Crippen molar-refractivity contribution in [2.45, 2.75) is 112 Å². The maximum absolute atomic E-state index is 14.5. The van der Waals surface area contributed by atoms with Crippen LogP contribution in [0.15, 0.2) is 11.6 Å². The standard InChI is InChI=1S/C33H46N2O3/c1-28(2)11-13-33(25(37)9-15-34)14-12-32(7)26(21(33)18-28)22(36)16-24-30(5)17-20(19-35)27(38)29(3,4)23(30)8-10-31(24,32)6/h17,21,23-26,37H,8-14,16,18H2,1-7H3/t21-,23-,24+,25+,26-,30-,31+,32+,33?/m0/s1. The van der Waals surface area contributed by atoms with Gasteiger partial charge in [0.05, 0.1) is 24.2 Å². The van der Waals surface area contributed by atoms with Crippen LogP contribution in [-0.2, 0) is 9.59 Å². The average molecular weight is 519 g/mol. The van der Waals surface area contributed by atoms with Crippen LogP contribution >= 0.6 is 0 Å². The number of nitrogens with zero attached hydrogens (tertiary/aromatic N) is 2. The number of fused-ring (bicyclic) bond motifs is 7. The van der Waals surface area contributed by atoms with Crippen LogP contribution in [0, 0.1) is 78.8 Å². The number of nitriles is 2. The molecule has 0 bridgehead atoms. The SMILES string of the molecule is CC1(C)CCC2([C@H](O)CC#N)CC[C@]3(C)[C@H](C(=O)C[C@@H]4[C@@]5(C)C=C(C#N)C(=O)C(C)(C)[C@@H]5CC[C@]43C)[C@@H]2C1. The summed E-state index contributed by atoms with van der Waals surface area (Å²) in [6, 6.07) is 4.42. The Morgan fingerprint density at radius 2 is 1.61 bits per heavy atom. The van der Waals surface area contributed by atoms with Gasteiger partial charge >= 0.3 is 0 Å². The topological polar surface area (TPSA) is 102 Å². The summed E-state index contributed by atoms with van der Waals surface area (Å²) in [5.41, 5.74) is -1.41. The minimum atomic E-state index is -0.698. The summed E-state index contributed by atoms with van der Waals surface area (Å²) in [4.78, 5) is 27.8. The number of hydrogen-bond acceptors (Lipinski definition) is 5. The van der Waals surface area contributed by atoms with Gasteiger partial charge in [-0.2, -0.15) is 10.5 Å². The molecule has 5 rings (SSSR count). The van der Waals surface area contributed by atoms with E-state index in [-0.39, 0.29) is 63.1 Å². The number of rotatable bonds is 2. The van der Waals surface area contributed by atoms with Gasteiger partial charge in [0.25, 0.3) is 0 Å². The zero-order valence-corrected chi connectivity index (χ0v) is 24.5. The summed E-state index contributed by atoms with van der Waals surface area (Å²) in [6.07, 6.45) is 8.23. The maximum Gasteiger partial charge on any atom is 0.178 e. The number of ketones is 2. The predicted octanol–water partition coefficient (Wildman–Crippen LogP) is 6.56. The van der Waals surface area contributed by atoms with Crippen molar-refractivity contribution in [3.8, 4) is 12.1 Å². The van der Waals surface area contributed by atoms with Crippen molar-refractivity contribution in [3.63, 3.8) is 0 Å². The summed E-state index contributed by atoms with van der Waals surface area (Å²) < 4.78 is 0. The van der Waals surface area contributed by atoms with E-state index >= 15 is 0 Å². The van der Waals surface area contributed by atoms with Crippen molar-refractivity contribution in [1.29, 1.82) is 10.5 Å². The van der Waals surface area contributed by atoms with Gasteiger partial charge in [-0.1, -0.05) is 54.5 Å². The molecule has 4 fully saturated rings. The van der Waals surface area contributed by atoms with Gasteiger partial charge < -0.3 is 5.11 Å². The van der Waals surface area contributed by atoms with Crippen LogP contribution in [0.25, 0.3) is 0 Å². The van der Waals surface area contributed by atoms with Gasteiger partial charge in [-0.05, 0) is 84.4 Å². The van der Waals surface area contributed by atoms with E-state index in [1.807, 2.05) is 19.9 Å². The molecule has 1 unspecified atom stereocenters. The molecule has 9 atom stereocenters. The Hall–Kier alpha value is -1.98. The van der Waals surface area contributed by atoms with E-state index < -0.39 is 16.9 Å². The molecule has 5 aliphatic rings. The lowest BCUT2D eigenvalue weighted by Gasteiger charge is -2.72. The van der Waals surface area contributed by atoms with E-state index in [2.05, 4.69) is 46.8 Å². The molecule has 0 aromatic heterocycles. The van der Waals surface area contributed by atoms with Crippen LogP contribution in [0.1, 0.15) is 106 Å². The number of carbonyl (C=O) groups is 2. The predicted molar refractivity (Wildman–Crippen MR) is 145 cm³/mol. The molecule has 0 saturated heterocycles. The first-order valence-corrected chi connectivity index (χ1v) is 14.8. The average Bonchev–Trinajstić information content (AvgIpc) is 2.82. The fourth-order valence-corrected chi connectivity index (χ4v) is 11.2. The van der Waals surface area contributed by atoms with E-state index in [0.717, 1.165) is 44.9 Å². The molecule has 0 aromatic carbocycles. The molecular weight excluding hydrogens is 472 g/mol. The Labute approximate surface area is 229 Å². The zero-order chi connectivity index (χ0) is 28.1. The Bertz CT molecular complexity index is 1190. The molecule has 0 aliphatic heterocycles. The fraction of sp³-hybridized carbons (Fsp3) is 0.818. The molecular formula is C33H46N2O3. The summed E-state index contributed by atoms with van der Waals surface area (Å²) in [5.74, 6) is 0.331. The van der Waals surface area contributed by atoms with Crippen LogP contribution in [0.4, 0.5) is 0 Å². The number of aliphatic hydroxyl groups is 1. The second-order valence-electron chi connectivity index (χ2n) is 15.8. The largest absolute Gasteiger partial charge is 0.391 e. The molecule has 4 saturated carbocycles. The molecule has 0 amide bonds. The third-order valence-electron chi connectivity index (χ3n) is 13.5. The van der Waals surface area contributed by atoms with Crippen LogP contribution < -0.4 is 0 Å². The summed E-state index contributed by atoms with van der Waals surface area (Å²) in [5, 5.41) is 30.8. The van der Waals surface area contributed by atoms with E-state index in [9.17, 15) is 25.2 Å². The molecule has 38 heavy (non-hydrogen) atoms. The van der Waals surface area contributed by atoms with Crippen molar-refractivity contribution in [2.75, 3.05) is 0 Å². The lowest BCUT2D eigenvalue weighted by Crippen LogP contribution is -2.69. The minimum Gasteiger partial charge on any atom is -0.391 e. The van der Waals surface area contributed by atoms with Crippen molar-refractivity contribution < 1.29 is 14.7 Å².